The van der Waals surface area contributed by atoms with E-state index < -0.39 is 0 Å². The summed E-state index contributed by atoms with van der Waals surface area (Å²) in [7, 11) is 1.58. The van der Waals surface area contributed by atoms with E-state index in [1.54, 1.807) is 13.2 Å². The van der Waals surface area contributed by atoms with Crippen molar-refractivity contribution in [1.29, 1.82) is 0 Å². The summed E-state index contributed by atoms with van der Waals surface area (Å²) in [6, 6.07) is 7.24. The number of amides is 1. The first kappa shape index (κ1) is 16.9. The van der Waals surface area contributed by atoms with E-state index in [4.69, 9.17) is 20.9 Å². The average molecular weight is 350 g/mol. The standard InChI is InChI=1S/C17H20ClN3O3/c1-23-11-15-19-17(24-20-15)14-8-4-5-9-21(14)16(22)10-12-6-2-3-7-13(12)18/h2-3,6-7,14H,4-5,8-11H2,1H3/t14-/m1/s1. The highest BCUT2D eigenvalue weighted by Gasteiger charge is 2.32. The quantitative estimate of drug-likeness (QED) is 0.829. The maximum atomic E-state index is 12.8. The van der Waals surface area contributed by atoms with Crippen molar-refractivity contribution in [3.8, 4) is 0 Å². The highest BCUT2D eigenvalue weighted by Crippen LogP contribution is 2.31. The Balaban J connectivity index is 1.76. The molecule has 0 spiro atoms. The topological polar surface area (TPSA) is 68.5 Å². The lowest BCUT2D eigenvalue weighted by atomic mass is 10.0. The third-order valence-electron chi connectivity index (χ3n) is 4.16. The largest absolute Gasteiger partial charge is 0.377 e. The van der Waals surface area contributed by atoms with Crippen LogP contribution in [0.25, 0.3) is 0 Å². The Morgan fingerprint density at radius 3 is 3.04 bits per heavy atom. The fourth-order valence-electron chi connectivity index (χ4n) is 2.98. The van der Waals surface area contributed by atoms with Gasteiger partial charge in [0.15, 0.2) is 5.82 Å². The normalized spacial score (nSPS) is 17.9. The van der Waals surface area contributed by atoms with Crippen molar-refractivity contribution in [3.63, 3.8) is 0 Å². The molecule has 1 fully saturated rings. The van der Waals surface area contributed by atoms with Crippen molar-refractivity contribution in [2.45, 2.75) is 38.3 Å². The van der Waals surface area contributed by atoms with Gasteiger partial charge in [0.25, 0.3) is 0 Å². The van der Waals surface area contributed by atoms with E-state index in [9.17, 15) is 4.79 Å². The number of hydrogen-bond donors (Lipinski definition) is 0. The van der Waals surface area contributed by atoms with Crippen LogP contribution in [0.15, 0.2) is 28.8 Å². The Labute approximate surface area is 145 Å². The molecule has 1 aliphatic rings. The minimum absolute atomic E-state index is 0.0271. The minimum atomic E-state index is -0.174. The molecule has 6 nitrogen and oxygen atoms in total. The van der Waals surface area contributed by atoms with E-state index >= 15 is 0 Å². The summed E-state index contributed by atoms with van der Waals surface area (Å²) in [5.41, 5.74) is 0.832. The fraction of sp³-hybridized carbons (Fsp3) is 0.471. The molecule has 0 aliphatic carbocycles. The summed E-state index contributed by atoms with van der Waals surface area (Å²) in [5.74, 6) is 1.00. The van der Waals surface area contributed by atoms with Crippen LogP contribution in [0, 0.1) is 0 Å². The number of carbonyl (C=O) groups is 1. The maximum Gasteiger partial charge on any atom is 0.249 e. The van der Waals surface area contributed by atoms with E-state index in [2.05, 4.69) is 10.1 Å². The molecule has 1 aromatic heterocycles. The second kappa shape index (κ2) is 7.77. The second-order valence-corrected chi connectivity index (χ2v) is 6.26. The van der Waals surface area contributed by atoms with Crippen LogP contribution in [0.1, 0.15) is 42.6 Å². The molecule has 1 atom stereocenters. The van der Waals surface area contributed by atoms with Crippen LogP contribution in [-0.2, 0) is 22.6 Å². The zero-order valence-corrected chi connectivity index (χ0v) is 14.3. The van der Waals surface area contributed by atoms with Gasteiger partial charge in [-0.05, 0) is 30.9 Å². The molecular weight excluding hydrogens is 330 g/mol. The highest BCUT2D eigenvalue weighted by atomic mass is 35.5. The Morgan fingerprint density at radius 2 is 2.25 bits per heavy atom. The number of halogens is 1. The summed E-state index contributed by atoms with van der Waals surface area (Å²) in [6.45, 7) is 0.986. The molecular formula is C17H20ClN3O3. The molecule has 2 aromatic rings. The molecule has 7 heteroatoms. The first-order valence-electron chi connectivity index (χ1n) is 8.03. The molecule has 1 aromatic carbocycles. The zero-order chi connectivity index (χ0) is 16.9. The highest BCUT2D eigenvalue weighted by molar-refractivity contribution is 6.31. The minimum Gasteiger partial charge on any atom is -0.377 e. The molecule has 0 saturated carbocycles. The number of hydrogen-bond acceptors (Lipinski definition) is 5. The molecule has 0 bridgehead atoms. The molecule has 1 saturated heterocycles. The van der Waals surface area contributed by atoms with E-state index in [1.165, 1.54) is 0 Å². The smallest absolute Gasteiger partial charge is 0.249 e. The number of piperidine rings is 1. The Morgan fingerprint density at radius 1 is 1.42 bits per heavy atom. The summed E-state index contributed by atoms with van der Waals surface area (Å²) in [5, 5.41) is 4.51. The third-order valence-corrected chi connectivity index (χ3v) is 4.53. The van der Waals surface area contributed by atoms with Crippen LogP contribution in [0.2, 0.25) is 5.02 Å². The Kier molecular flexibility index (Phi) is 5.48. The van der Waals surface area contributed by atoms with Crippen molar-refractivity contribution in [2.75, 3.05) is 13.7 Å². The van der Waals surface area contributed by atoms with Crippen molar-refractivity contribution in [1.82, 2.24) is 15.0 Å². The molecule has 1 amide bonds. The van der Waals surface area contributed by atoms with Crippen LogP contribution in [0.3, 0.4) is 0 Å². The van der Waals surface area contributed by atoms with Crippen molar-refractivity contribution in [3.05, 3.63) is 46.6 Å². The van der Waals surface area contributed by atoms with E-state index in [-0.39, 0.29) is 18.4 Å². The molecule has 0 unspecified atom stereocenters. The monoisotopic (exact) mass is 349 g/mol. The molecule has 128 valence electrons. The van der Waals surface area contributed by atoms with Gasteiger partial charge in [-0.25, -0.2) is 0 Å². The Hall–Kier alpha value is -1.92. The fourth-order valence-corrected chi connectivity index (χ4v) is 3.19. The summed E-state index contributed by atoms with van der Waals surface area (Å²) in [6.07, 6.45) is 3.10. The first-order valence-corrected chi connectivity index (χ1v) is 8.41. The number of likely N-dealkylation sites (tertiary alicyclic amines) is 1. The van der Waals surface area contributed by atoms with Gasteiger partial charge in [0, 0.05) is 18.7 Å². The number of rotatable bonds is 5. The van der Waals surface area contributed by atoms with Gasteiger partial charge in [-0.15, -0.1) is 0 Å². The van der Waals surface area contributed by atoms with E-state index in [0.29, 0.717) is 29.9 Å². The zero-order valence-electron chi connectivity index (χ0n) is 13.6. The predicted octanol–water partition coefficient (Wildman–Crippen LogP) is 3.17. The number of benzene rings is 1. The predicted molar refractivity (Wildman–Crippen MR) is 88.5 cm³/mol. The van der Waals surface area contributed by atoms with Gasteiger partial charge < -0.3 is 14.2 Å². The lowest BCUT2D eigenvalue weighted by Gasteiger charge is -2.33. The van der Waals surface area contributed by atoms with Crippen molar-refractivity contribution >= 4 is 17.5 Å². The number of aromatic nitrogens is 2. The molecule has 0 radical (unpaired) electrons. The number of methoxy groups -OCH3 is 1. The molecule has 3 rings (SSSR count). The van der Waals surface area contributed by atoms with Crippen LogP contribution in [0.4, 0.5) is 0 Å². The second-order valence-electron chi connectivity index (χ2n) is 5.85. The van der Waals surface area contributed by atoms with Crippen LogP contribution >= 0.6 is 11.6 Å². The van der Waals surface area contributed by atoms with Gasteiger partial charge in [-0.3, -0.25) is 4.79 Å². The summed E-state index contributed by atoms with van der Waals surface area (Å²) in [4.78, 5) is 19.0. The number of ether oxygens (including phenoxy) is 1. The molecule has 24 heavy (non-hydrogen) atoms. The number of nitrogens with zero attached hydrogens (tertiary/aromatic N) is 3. The van der Waals surface area contributed by atoms with Crippen LogP contribution < -0.4 is 0 Å². The molecule has 2 heterocycles. The summed E-state index contributed by atoms with van der Waals surface area (Å²) >= 11 is 6.17. The van der Waals surface area contributed by atoms with Crippen molar-refractivity contribution < 1.29 is 14.1 Å². The third kappa shape index (κ3) is 3.76. The summed E-state index contributed by atoms with van der Waals surface area (Å²) < 4.78 is 10.4. The van der Waals surface area contributed by atoms with E-state index in [0.717, 1.165) is 24.8 Å². The Bertz CT molecular complexity index is 704. The van der Waals surface area contributed by atoms with Gasteiger partial charge in [0.1, 0.15) is 12.6 Å². The van der Waals surface area contributed by atoms with Gasteiger partial charge in [0.2, 0.25) is 11.8 Å². The van der Waals surface area contributed by atoms with Crippen LogP contribution in [0.5, 0.6) is 0 Å². The lowest BCUT2D eigenvalue weighted by Crippen LogP contribution is -2.39. The van der Waals surface area contributed by atoms with Gasteiger partial charge in [-0.2, -0.15) is 4.98 Å². The van der Waals surface area contributed by atoms with E-state index in [1.807, 2.05) is 23.1 Å². The SMILES string of the molecule is COCc1noc([C@H]2CCCCN2C(=O)Cc2ccccc2Cl)n1. The number of carbonyl (C=O) groups excluding carboxylic acids is 1. The molecule has 0 N–H and O–H groups in total. The first-order chi connectivity index (χ1) is 11.7. The lowest BCUT2D eigenvalue weighted by molar-refractivity contribution is -0.135. The average Bonchev–Trinajstić information content (AvgIpc) is 3.06. The maximum absolute atomic E-state index is 12.8. The van der Waals surface area contributed by atoms with Gasteiger partial charge in [-0.1, -0.05) is 35.0 Å². The van der Waals surface area contributed by atoms with Gasteiger partial charge >= 0.3 is 0 Å². The van der Waals surface area contributed by atoms with Crippen LogP contribution in [-0.4, -0.2) is 34.6 Å². The van der Waals surface area contributed by atoms with Crippen molar-refractivity contribution in [2.24, 2.45) is 0 Å². The van der Waals surface area contributed by atoms with Gasteiger partial charge in [0.05, 0.1) is 6.42 Å². The molecule has 1 aliphatic heterocycles.